The highest BCUT2D eigenvalue weighted by atomic mass is 32.2. The molecule has 18 heavy (non-hydrogen) atoms. The third-order valence-corrected chi connectivity index (χ3v) is 3.21. The first-order valence-corrected chi connectivity index (χ1v) is 6.01. The van der Waals surface area contributed by atoms with E-state index in [9.17, 15) is 21.6 Å². The molecule has 0 saturated heterocycles. The van der Waals surface area contributed by atoms with Crippen LogP contribution in [0.3, 0.4) is 0 Å². The molecule has 0 unspecified atom stereocenters. The summed E-state index contributed by atoms with van der Waals surface area (Å²) < 4.78 is 62.7. The van der Waals surface area contributed by atoms with E-state index in [-0.39, 0.29) is 5.82 Å². The molecule has 2 rings (SSSR count). The summed E-state index contributed by atoms with van der Waals surface area (Å²) in [5.41, 5.74) is -5.11. The van der Waals surface area contributed by atoms with Crippen molar-refractivity contribution in [3.05, 3.63) is 30.3 Å². The van der Waals surface area contributed by atoms with Crippen molar-refractivity contribution in [1.82, 2.24) is 10.1 Å². The van der Waals surface area contributed by atoms with E-state index in [0.29, 0.717) is 5.56 Å². The van der Waals surface area contributed by atoms with Crippen molar-refractivity contribution in [3.63, 3.8) is 0 Å². The summed E-state index contributed by atoms with van der Waals surface area (Å²) in [5.74, 6) is -0.224. The van der Waals surface area contributed by atoms with Crippen LogP contribution in [0.1, 0.15) is 0 Å². The lowest BCUT2D eigenvalue weighted by atomic mass is 10.2. The Kier molecular flexibility index (Phi) is 2.85. The Labute approximate surface area is 99.2 Å². The summed E-state index contributed by atoms with van der Waals surface area (Å²) in [6.07, 6.45) is 0. The monoisotopic (exact) mass is 278 g/mol. The van der Waals surface area contributed by atoms with Gasteiger partial charge in [-0.05, 0) is 0 Å². The number of benzene rings is 1. The first-order chi connectivity index (χ1) is 8.32. The van der Waals surface area contributed by atoms with Crippen molar-refractivity contribution in [1.29, 1.82) is 0 Å². The van der Waals surface area contributed by atoms with Crippen LogP contribution in [-0.4, -0.2) is 24.1 Å². The van der Waals surface area contributed by atoms with E-state index in [1.54, 1.807) is 18.2 Å². The predicted molar refractivity (Wildman–Crippen MR) is 53.0 cm³/mol. The Morgan fingerprint density at radius 2 is 1.72 bits per heavy atom. The van der Waals surface area contributed by atoms with Gasteiger partial charge in [-0.2, -0.15) is 18.2 Å². The van der Waals surface area contributed by atoms with E-state index in [1.165, 1.54) is 12.1 Å². The number of hydrogen-bond acceptors (Lipinski definition) is 5. The molecule has 9 heteroatoms. The summed E-state index contributed by atoms with van der Waals surface area (Å²) in [6, 6.07) is 7.90. The minimum absolute atomic E-state index is 0.224. The van der Waals surface area contributed by atoms with E-state index in [2.05, 4.69) is 14.7 Å². The van der Waals surface area contributed by atoms with E-state index >= 15 is 0 Å². The molecule has 0 bridgehead atoms. The van der Waals surface area contributed by atoms with Crippen LogP contribution < -0.4 is 0 Å². The molecule has 2 aromatic rings. The van der Waals surface area contributed by atoms with Gasteiger partial charge in [0.2, 0.25) is 5.82 Å². The fourth-order valence-corrected chi connectivity index (χ4v) is 1.66. The minimum atomic E-state index is -5.60. The summed E-state index contributed by atoms with van der Waals surface area (Å²) >= 11 is 0. The molecular formula is C9H5F3N2O3S. The number of hydrogen-bond donors (Lipinski definition) is 0. The highest BCUT2D eigenvalue weighted by molar-refractivity contribution is 7.92. The van der Waals surface area contributed by atoms with Gasteiger partial charge in [-0.15, -0.1) is 0 Å². The molecule has 0 aliphatic heterocycles. The summed E-state index contributed by atoms with van der Waals surface area (Å²) in [6.45, 7) is 0. The van der Waals surface area contributed by atoms with Crippen LogP contribution in [0.25, 0.3) is 11.4 Å². The Morgan fingerprint density at radius 3 is 2.28 bits per heavy atom. The van der Waals surface area contributed by atoms with Gasteiger partial charge in [0.15, 0.2) is 0 Å². The van der Waals surface area contributed by atoms with Gasteiger partial charge in [0.1, 0.15) is 0 Å². The fourth-order valence-electron chi connectivity index (χ4n) is 1.12. The largest absolute Gasteiger partial charge is 0.506 e. The van der Waals surface area contributed by atoms with Gasteiger partial charge < -0.3 is 4.52 Å². The molecule has 96 valence electrons. The van der Waals surface area contributed by atoms with Crippen LogP contribution in [-0.2, 0) is 9.84 Å². The zero-order chi connectivity index (χ0) is 13.4. The van der Waals surface area contributed by atoms with Crippen LogP contribution in [0.15, 0.2) is 40.1 Å². The molecule has 1 heterocycles. The van der Waals surface area contributed by atoms with Gasteiger partial charge in [0, 0.05) is 5.56 Å². The molecule has 0 radical (unpaired) electrons. The Hall–Kier alpha value is -1.90. The standard InChI is InChI=1S/C9H5F3N2O3S/c10-9(11,12)18(15,16)8-13-7(14-17-8)6-4-2-1-3-5-6/h1-5H. The second-order valence-corrected chi connectivity index (χ2v) is 5.02. The number of sulfone groups is 1. The quantitative estimate of drug-likeness (QED) is 0.840. The molecule has 1 aromatic heterocycles. The molecule has 0 spiro atoms. The number of halogens is 3. The van der Waals surface area contributed by atoms with E-state index in [4.69, 9.17) is 0 Å². The van der Waals surface area contributed by atoms with Crippen molar-refractivity contribution in [2.75, 3.05) is 0 Å². The van der Waals surface area contributed by atoms with Gasteiger partial charge in [0.25, 0.3) is 0 Å². The second-order valence-electron chi connectivity index (χ2n) is 3.20. The molecule has 0 saturated carbocycles. The van der Waals surface area contributed by atoms with Crippen molar-refractivity contribution in [3.8, 4) is 11.4 Å². The lowest BCUT2D eigenvalue weighted by molar-refractivity contribution is -0.0452. The molecule has 5 nitrogen and oxygen atoms in total. The van der Waals surface area contributed by atoms with Crippen LogP contribution >= 0.6 is 0 Å². The van der Waals surface area contributed by atoms with Crippen molar-refractivity contribution >= 4 is 9.84 Å². The predicted octanol–water partition coefficient (Wildman–Crippen LogP) is 2.03. The Bertz CT molecular complexity index is 649. The van der Waals surface area contributed by atoms with Gasteiger partial charge >= 0.3 is 20.6 Å². The molecule has 0 fully saturated rings. The summed E-state index contributed by atoms with van der Waals surface area (Å²) in [4.78, 5) is 3.23. The SMILES string of the molecule is O=S(=O)(c1nc(-c2ccccc2)no1)C(F)(F)F. The highest BCUT2D eigenvalue weighted by Crippen LogP contribution is 2.30. The number of nitrogens with zero attached hydrogens (tertiary/aromatic N) is 2. The summed E-state index contributed by atoms with van der Waals surface area (Å²) in [7, 11) is -5.60. The van der Waals surface area contributed by atoms with Gasteiger partial charge in [-0.1, -0.05) is 35.5 Å². The average molecular weight is 278 g/mol. The van der Waals surface area contributed by atoms with E-state index in [0.717, 1.165) is 0 Å². The smallest absolute Gasteiger partial charge is 0.321 e. The van der Waals surface area contributed by atoms with Crippen LogP contribution in [0.5, 0.6) is 0 Å². The van der Waals surface area contributed by atoms with Crippen LogP contribution in [0.2, 0.25) is 0 Å². The molecule has 0 N–H and O–H groups in total. The minimum Gasteiger partial charge on any atom is -0.321 e. The van der Waals surface area contributed by atoms with Gasteiger partial charge in [-0.25, -0.2) is 8.42 Å². The van der Waals surface area contributed by atoms with Crippen molar-refractivity contribution < 1.29 is 26.1 Å². The average Bonchev–Trinajstić information content (AvgIpc) is 2.78. The van der Waals surface area contributed by atoms with Crippen LogP contribution in [0.4, 0.5) is 13.2 Å². The topological polar surface area (TPSA) is 73.1 Å². The van der Waals surface area contributed by atoms with Gasteiger partial charge in [0.05, 0.1) is 0 Å². The maximum absolute atomic E-state index is 12.2. The molecular weight excluding hydrogens is 273 g/mol. The van der Waals surface area contributed by atoms with Crippen molar-refractivity contribution in [2.24, 2.45) is 0 Å². The number of rotatable bonds is 2. The van der Waals surface area contributed by atoms with Gasteiger partial charge in [-0.3, -0.25) is 0 Å². The first-order valence-electron chi connectivity index (χ1n) is 4.53. The fraction of sp³-hybridized carbons (Fsp3) is 0.111. The molecule has 0 amide bonds. The second kappa shape index (κ2) is 4.09. The maximum atomic E-state index is 12.2. The zero-order valence-electron chi connectivity index (χ0n) is 8.55. The Morgan fingerprint density at radius 1 is 1.11 bits per heavy atom. The first kappa shape index (κ1) is 12.6. The van der Waals surface area contributed by atoms with E-state index < -0.39 is 20.6 Å². The summed E-state index contributed by atoms with van der Waals surface area (Å²) in [5, 5.41) is 1.74. The van der Waals surface area contributed by atoms with Crippen molar-refractivity contribution in [2.45, 2.75) is 10.7 Å². The third kappa shape index (κ3) is 2.08. The highest BCUT2D eigenvalue weighted by Gasteiger charge is 2.51. The lowest BCUT2D eigenvalue weighted by Crippen LogP contribution is -2.23. The molecule has 0 aliphatic rings. The molecule has 0 aliphatic carbocycles. The molecule has 1 aromatic carbocycles. The lowest BCUT2D eigenvalue weighted by Gasteiger charge is -2.01. The third-order valence-electron chi connectivity index (χ3n) is 1.97. The number of alkyl halides is 3. The normalized spacial score (nSPS) is 12.6. The zero-order valence-corrected chi connectivity index (χ0v) is 9.36. The van der Waals surface area contributed by atoms with Crippen LogP contribution in [0, 0.1) is 0 Å². The van der Waals surface area contributed by atoms with E-state index in [1.807, 2.05) is 0 Å². The molecule has 0 atom stereocenters. The number of aromatic nitrogens is 2. The Balaban J connectivity index is 2.45. The maximum Gasteiger partial charge on any atom is 0.506 e.